The molecule has 5 nitrogen and oxygen atoms in total. The number of hydrogen-bond donors (Lipinski definition) is 0. The Morgan fingerprint density at radius 1 is 0.542 bits per heavy atom. The number of hydrogen-bond acceptors (Lipinski definition) is 5. The van der Waals surface area contributed by atoms with Crippen LogP contribution < -0.4 is 0 Å². The van der Waals surface area contributed by atoms with Crippen LogP contribution in [0.25, 0.3) is 0 Å². The van der Waals surface area contributed by atoms with Gasteiger partial charge in [0.25, 0.3) is 0 Å². The van der Waals surface area contributed by atoms with E-state index in [2.05, 4.69) is 0 Å². The minimum atomic E-state index is 0.0203. The van der Waals surface area contributed by atoms with Gasteiger partial charge in [0, 0.05) is 0 Å². The van der Waals surface area contributed by atoms with E-state index in [9.17, 15) is 0 Å². The molecular weight excluding hydrogens is 308 g/mol. The molecule has 0 N–H and O–H groups in total. The fourth-order valence-electron chi connectivity index (χ4n) is 8.98. The SMILES string of the molecule is C1COCCOC[C@@]23O[C@@]4(COCCO1)[C@@H]1[C@@H]5[C@@H]6C[C@H]([C@@H]5[C@@H]12)[C@@H]3[C@H]64. The maximum absolute atomic E-state index is 6.99. The van der Waals surface area contributed by atoms with Crippen molar-refractivity contribution in [2.75, 3.05) is 52.9 Å². The van der Waals surface area contributed by atoms with Crippen molar-refractivity contribution in [2.45, 2.75) is 17.6 Å². The summed E-state index contributed by atoms with van der Waals surface area (Å²) in [6.45, 7) is 5.49. The molecule has 5 saturated carbocycles. The van der Waals surface area contributed by atoms with Crippen molar-refractivity contribution in [3.63, 3.8) is 0 Å². The number of ether oxygens (including phenoxy) is 5. The highest BCUT2D eigenvalue weighted by atomic mass is 16.6. The summed E-state index contributed by atoms with van der Waals surface area (Å²) in [5, 5.41) is 0. The second-order valence-electron chi connectivity index (χ2n) is 9.16. The lowest BCUT2D eigenvalue weighted by Gasteiger charge is -2.47. The average molecular weight is 334 g/mol. The maximum atomic E-state index is 6.99. The Bertz CT molecular complexity index is 530. The summed E-state index contributed by atoms with van der Waals surface area (Å²) in [6, 6.07) is 0. The summed E-state index contributed by atoms with van der Waals surface area (Å²) in [4.78, 5) is 0. The van der Waals surface area contributed by atoms with Crippen LogP contribution in [0.1, 0.15) is 6.42 Å². The van der Waals surface area contributed by atoms with E-state index in [0.29, 0.717) is 39.6 Å². The summed E-state index contributed by atoms with van der Waals surface area (Å²) < 4.78 is 30.4. The standard InChI is InChI=1S/C19H26O5/c1-2-21-4-6-23-9-19-15-11-7-10-12-13(11)17(19)16(12)18(24-19,14(10)15)8-22-5-3-20-1/h10-17H,1-9H2/t10-,11+,12+,13-,14-,15+,16+,17-,18+,19-. The van der Waals surface area contributed by atoms with Gasteiger partial charge < -0.3 is 23.7 Å². The lowest BCUT2D eigenvalue weighted by Crippen LogP contribution is -2.54. The van der Waals surface area contributed by atoms with Gasteiger partial charge in [0.05, 0.1) is 64.1 Å². The van der Waals surface area contributed by atoms with Crippen LogP contribution in [0, 0.1) is 47.3 Å². The molecule has 8 aliphatic rings. The van der Waals surface area contributed by atoms with E-state index < -0.39 is 0 Å². The molecule has 5 heteroatoms. The Balaban J connectivity index is 1.23. The molecule has 10 atom stereocenters. The fraction of sp³-hybridized carbons (Fsp3) is 1.00. The Morgan fingerprint density at radius 3 is 1.50 bits per heavy atom. The quantitative estimate of drug-likeness (QED) is 0.660. The normalized spacial score (nSPS) is 66.0. The van der Waals surface area contributed by atoms with E-state index in [-0.39, 0.29) is 11.2 Å². The van der Waals surface area contributed by atoms with Crippen LogP contribution >= 0.6 is 0 Å². The van der Waals surface area contributed by atoms with E-state index in [0.717, 1.165) is 60.6 Å². The third kappa shape index (κ3) is 1.25. The van der Waals surface area contributed by atoms with Crippen LogP contribution in [0.3, 0.4) is 0 Å². The average Bonchev–Trinajstić information content (AvgIpc) is 3.19. The lowest BCUT2D eigenvalue weighted by molar-refractivity contribution is -0.135. The van der Waals surface area contributed by atoms with E-state index >= 15 is 0 Å². The van der Waals surface area contributed by atoms with Gasteiger partial charge in [-0.25, -0.2) is 0 Å². The van der Waals surface area contributed by atoms with Gasteiger partial charge in [-0.2, -0.15) is 0 Å². The summed E-state index contributed by atoms with van der Waals surface area (Å²) in [5.74, 6) is 6.78. The van der Waals surface area contributed by atoms with E-state index in [4.69, 9.17) is 23.7 Å². The fourth-order valence-corrected chi connectivity index (χ4v) is 8.98. The highest BCUT2D eigenvalue weighted by molar-refractivity contribution is 5.43. The third-order valence-electron chi connectivity index (χ3n) is 8.91. The molecule has 5 aliphatic carbocycles. The first-order valence-corrected chi connectivity index (χ1v) is 9.90. The Kier molecular flexibility index (Phi) is 2.54. The summed E-state index contributed by atoms with van der Waals surface area (Å²) in [7, 11) is 0. The van der Waals surface area contributed by atoms with Gasteiger partial charge in [-0.15, -0.1) is 0 Å². The van der Waals surface area contributed by atoms with Crippen LogP contribution in [0.4, 0.5) is 0 Å². The second-order valence-corrected chi connectivity index (χ2v) is 9.16. The molecule has 24 heavy (non-hydrogen) atoms. The van der Waals surface area contributed by atoms with Crippen molar-refractivity contribution in [1.29, 1.82) is 0 Å². The summed E-state index contributed by atoms with van der Waals surface area (Å²) in [6.07, 6.45) is 1.47. The van der Waals surface area contributed by atoms with Gasteiger partial charge in [0.2, 0.25) is 0 Å². The highest BCUT2D eigenvalue weighted by Crippen LogP contribution is 2.93. The zero-order chi connectivity index (χ0) is 15.5. The van der Waals surface area contributed by atoms with Gasteiger partial charge in [0.1, 0.15) is 0 Å². The first kappa shape index (κ1) is 13.9. The van der Waals surface area contributed by atoms with Crippen molar-refractivity contribution in [1.82, 2.24) is 0 Å². The first-order chi connectivity index (χ1) is 11.9. The molecule has 3 saturated heterocycles. The van der Waals surface area contributed by atoms with Crippen LogP contribution in [0.5, 0.6) is 0 Å². The molecule has 0 aromatic heterocycles. The van der Waals surface area contributed by atoms with Gasteiger partial charge in [-0.1, -0.05) is 0 Å². The minimum absolute atomic E-state index is 0.0203. The molecule has 0 radical (unpaired) electrons. The van der Waals surface area contributed by atoms with Crippen LogP contribution in [-0.4, -0.2) is 64.1 Å². The Labute approximate surface area is 142 Å². The predicted molar refractivity (Wildman–Crippen MR) is 82.4 cm³/mol. The maximum Gasteiger partial charge on any atom is 0.0992 e. The minimum Gasteiger partial charge on any atom is -0.377 e. The van der Waals surface area contributed by atoms with Gasteiger partial charge in [-0.3, -0.25) is 0 Å². The van der Waals surface area contributed by atoms with E-state index in [1.165, 1.54) is 6.42 Å². The molecule has 0 aromatic rings. The Hall–Kier alpha value is -0.200. The lowest BCUT2D eigenvalue weighted by atomic mass is 9.55. The van der Waals surface area contributed by atoms with Crippen LogP contribution in [0.15, 0.2) is 0 Å². The highest BCUT2D eigenvalue weighted by Gasteiger charge is 2.96. The van der Waals surface area contributed by atoms with Gasteiger partial charge in [0.15, 0.2) is 0 Å². The molecule has 0 aromatic carbocycles. The zero-order valence-corrected chi connectivity index (χ0v) is 14.0. The topological polar surface area (TPSA) is 46.2 Å². The van der Waals surface area contributed by atoms with Gasteiger partial charge in [-0.05, 0) is 53.8 Å². The van der Waals surface area contributed by atoms with Crippen molar-refractivity contribution in [2.24, 2.45) is 47.3 Å². The van der Waals surface area contributed by atoms with Crippen LogP contribution in [0.2, 0.25) is 0 Å². The van der Waals surface area contributed by atoms with Crippen LogP contribution in [-0.2, 0) is 23.7 Å². The molecular formula is C19H26O5. The third-order valence-corrected chi connectivity index (χ3v) is 8.91. The summed E-state index contributed by atoms with van der Waals surface area (Å²) in [5.41, 5.74) is 0.0406. The van der Waals surface area contributed by atoms with E-state index in [1.807, 2.05) is 0 Å². The molecule has 0 amide bonds. The van der Waals surface area contributed by atoms with Crippen molar-refractivity contribution in [3.05, 3.63) is 0 Å². The molecule has 2 spiro atoms. The zero-order valence-electron chi connectivity index (χ0n) is 14.0. The first-order valence-electron chi connectivity index (χ1n) is 9.90. The molecule has 4 bridgehead atoms. The summed E-state index contributed by atoms with van der Waals surface area (Å²) >= 11 is 0. The molecule has 8 rings (SSSR count). The molecule has 3 aliphatic heterocycles. The largest absolute Gasteiger partial charge is 0.377 e. The molecule has 0 unspecified atom stereocenters. The smallest absolute Gasteiger partial charge is 0.0992 e. The Morgan fingerprint density at radius 2 is 1.00 bits per heavy atom. The van der Waals surface area contributed by atoms with Crippen molar-refractivity contribution in [3.8, 4) is 0 Å². The van der Waals surface area contributed by atoms with Crippen molar-refractivity contribution < 1.29 is 23.7 Å². The molecule has 8 fully saturated rings. The van der Waals surface area contributed by atoms with Gasteiger partial charge >= 0.3 is 0 Å². The monoisotopic (exact) mass is 334 g/mol. The van der Waals surface area contributed by atoms with E-state index in [1.54, 1.807) is 0 Å². The van der Waals surface area contributed by atoms with Crippen molar-refractivity contribution >= 4 is 0 Å². The molecule has 3 heterocycles. The molecule has 132 valence electrons. The second kappa shape index (κ2) is 4.37. The number of rotatable bonds is 0. The predicted octanol–water partition coefficient (Wildman–Crippen LogP) is 0.962.